The van der Waals surface area contributed by atoms with Crippen LogP contribution in [-0.4, -0.2) is 18.1 Å². The Kier molecular flexibility index (Phi) is 4.40. The summed E-state index contributed by atoms with van der Waals surface area (Å²) >= 11 is 0. The van der Waals surface area contributed by atoms with Gasteiger partial charge in [-0.2, -0.15) is 0 Å². The van der Waals surface area contributed by atoms with Crippen LogP contribution in [0.25, 0.3) is 0 Å². The molecular formula is C11H18N2O. The smallest absolute Gasteiger partial charge is 0.213 e. The molecule has 0 radical (unpaired) electrons. The van der Waals surface area contributed by atoms with Crippen LogP contribution in [0.1, 0.15) is 19.4 Å². The minimum atomic E-state index is 0.523. The lowest BCUT2D eigenvalue weighted by molar-refractivity contribution is 0.261. The van der Waals surface area contributed by atoms with Gasteiger partial charge < -0.3 is 10.5 Å². The fourth-order valence-corrected chi connectivity index (χ4v) is 1.10. The maximum atomic E-state index is 5.50. The molecule has 0 saturated heterocycles. The zero-order valence-corrected chi connectivity index (χ0v) is 8.86. The van der Waals surface area contributed by atoms with Gasteiger partial charge in [-0.3, -0.25) is 0 Å². The van der Waals surface area contributed by atoms with Gasteiger partial charge in [-0.25, -0.2) is 4.98 Å². The van der Waals surface area contributed by atoms with E-state index >= 15 is 0 Å². The highest BCUT2D eigenvalue weighted by atomic mass is 16.5. The molecule has 3 heteroatoms. The molecule has 0 atom stereocenters. The topological polar surface area (TPSA) is 48.1 Å². The first-order valence-electron chi connectivity index (χ1n) is 5.00. The first-order chi connectivity index (χ1) is 6.72. The monoisotopic (exact) mass is 194 g/mol. The summed E-state index contributed by atoms with van der Waals surface area (Å²) in [5.74, 6) is 1.22. The fourth-order valence-electron chi connectivity index (χ4n) is 1.10. The second-order valence-corrected chi connectivity index (χ2v) is 3.75. The summed E-state index contributed by atoms with van der Waals surface area (Å²) in [7, 11) is 0. The Balaban J connectivity index is 2.54. The van der Waals surface area contributed by atoms with Crippen LogP contribution in [0.15, 0.2) is 18.3 Å². The average molecular weight is 194 g/mol. The van der Waals surface area contributed by atoms with Gasteiger partial charge >= 0.3 is 0 Å². The lowest BCUT2D eigenvalue weighted by atomic mass is 10.2. The van der Waals surface area contributed by atoms with Crippen molar-refractivity contribution >= 4 is 0 Å². The number of aromatic nitrogens is 1. The molecule has 0 aromatic carbocycles. The predicted octanol–water partition coefficient (Wildman–Crippen LogP) is 1.62. The zero-order valence-electron chi connectivity index (χ0n) is 8.86. The molecule has 3 nitrogen and oxygen atoms in total. The summed E-state index contributed by atoms with van der Waals surface area (Å²) in [6.07, 6.45) is 2.64. The predicted molar refractivity (Wildman–Crippen MR) is 57.3 cm³/mol. The third kappa shape index (κ3) is 3.75. The Morgan fingerprint density at radius 3 is 2.93 bits per heavy atom. The van der Waals surface area contributed by atoms with Crippen LogP contribution >= 0.6 is 0 Å². The van der Waals surface area contributed by atoms with Gasteiger partial charge in [0.15, 0.2) is 0 Å². The Bertz CT molecular complexity index is 274. The number of ether oxygens (including phenoxy) is 1. The highest BCUT2D eigenvalue weighted by Crippen LogP contribution is 2.10. The second kappa shape index (κ2) is 5.60. The Morgan fingerprint density at radius 1 is 1.50 bits per heavy atom. The van der Waals surface area contributed by atoms with Crippen molar-refractivity contribution in [2.45, 2.75) is 20.3 Å². The largest absolute Gasteiger partial charge is 0.477 e. The first kappa shape index (κ1) is 11.0. The lowest BCUT2D eigenvalue weighted by Gasteiger charge is -2.08. The summed E-state index contributed by atoms with van der Waals surface area (Å²) in [6.45, 7) is 5.60. The Morgan fingerprint density at radius 2 is 2.29 bits per heavy atom. The van der Waals surface area contributed by atoms with Crippen molar-refractivity contribution in [2.75, 3.05) is 13.2 Å². The molecule has 0 aliphatic rings. The molecule has 0 fully saturated rings. The molecule has 1 rings (SSSR count). The van der Waals surface area contributed by atoms with Crippen molar-refractivity contribution in [2.24, 2.45) is 11.7 Å². The van der Waals surface area contributed by atoms with E-state index in [4.69, 9.17) is 10.5 Å². The van der Waals surface area contributed by atoms with E-state index in [2.05, 4.69) is 18.8 Å². The minimum absolute atomic E-state index is 0.523. The molecule has 0 bridgehead atoms. The second-order valence-electron chi connectivity index (χ2n) is 3.75. The van der Waals surface area contributed by atoms with Gasteiger partial charge in [0, 0.05) is 12.3 Å². The quantitative estimate of drug-likeness (QED) is 0.774. The molecule has 1 aromatic heterocycles. The van der Waals surface area contributed by atoms with E-state index in [-0.39, 0.29) is 0 Å². The molecule has 0 aliphatic carbocycles. The highest BCUT2D eigenvalue weighted by molar-refractivity contribution is 5.20. The van der Waals surface area contributed by atoms with Crippen LogP contribution in [-0.2, 0) is 6.42 Å². The Hall–Kier alpha value is -1.09. The molecule has 0 aliphatic heterocycles. The molecule has 0 amide bonds. The van der Waals surface area contributed by atoms with E-state index in [0.29, 0.717) is 24.9 Å². The number of hydrogen-bond donors (Lipinski definition) is 1. The molecule has 0 spiro atoms. The third-order valence-corrected chi connectivity index (χ3v) is 1.80. The van der Waals surface area contributed by atoms with Crippen molar-refractivity contribution in [1.29, 1.82) is 0 Å². The van der Waals surface area contributed by atoms with Crippen LogP contribution in [0.2, 0.25) is 0 Å². The van der Waals surface area contributed by atoms with Crippen LogP contribution in [0.3, 0.4) is 0 Å². The van der Waals surface area contributed by atoms with Crippen LogP contribution in [0.4, 0.5) is 0 Å². The summed E-state index contributed by atoms with van der Waals surface area (Å²) in [4.78, 5) is 4.13. The molecule has 0 unspecified atom stereocenters. The summed E-state index contributed by atoms with van der Waals surface area (Å²) in [6, 6.07) is 3.92. The maximum Gasteiger partial charge on any atom is 0.213 e. The van der Waals surface area contributed by atoms with Crippen molar-refractivity contribution < 1.29 is 4.74 Å². The van der Waals surface area contributed by atoms with E-state index < -0.39 is 0 Å². The van der Waals surface area contributed by atoms with Gasteiger partial charge in [-0.1, -0.05) is 13.8 Å². The fraction of sp³-hybridized carbons (Fsp3) is 0.545. The van der Waals surface area contributed by atoms with E-state index in [1.807, 2.05) is 12.1 Å². The van der Waals surface area contributed by atoms with Crippen molar-refractivity contribution in [1.82, 2.24) is 4.98 Å². The van der Waals surface area contributed by atoms with Gasteiger partial charge in [0.25, 0.3) is 0 Å². The highest BCUT2D eigenvalue weighted by Gasteiger charge is 1.99. The number of nitrogens with zero attached hydrogens (tertiary/aromatic N) is 1. The van der Waals surface area contributed by atoms with Gasteiger partial charge in [-0.15, -0.1) is 0 Å². The molecule has 1 heterocycles. The summed E-state index contributed by atoms with van der Waals surface area (Å²) in [5.41, 5.74) is 6.65. The van der Waals surface area contributed by atoms with Gasteiger partial charge in [0.1, 0.15) is 0 Å². The molecule has 0 saturated carbocycles. The molecular weight excluding hydrogens is 176 g/mol. The van der Waals surface area contributed by atoms with Crippen molar-refractivity contribution in [3.8, 4) is 5.88 Å². The summed E-state index contributed by atoms with van der Waals surface area (Å²) in [5, 5.41) is 0. The molecule has 2 N–H and O–H groups in total. The number of nitrogens with two attached hydrogens (primary N) is 1. The number of pyridine rings is 1. The van der Waals surface area contributed by atoms with Crippen LogP contribution in [0, 0.1) is 5.92 Å². The maximum absolute atomic E-state index is 5.50. The number of rotatable bonds is 5. The SMILES string of the molecule is CC(C)COc1cc(CCN)ccn1. The van der Waals surface area contributed by atoms with E-state index in [1.165, 1.54) is 5.56 Å². The van der Waals surface area contributed by atoms with Crippen molar-refractivity contribution in [3.63, 3.8) is 0 Å². The molecule has 14 heavy (non-hydrogen) atoms. The molecule has 78 valence electrons. The third-order valence-electron chi connectivity index (χ3n) is 1.80. The van der Waals surface area contributed by atoms with E-state index in [9.17, 15) is 0 Å². The summed E-state index contributed by atoms with van der Waals surface area (Å²) < 4.78 is 5.50. The van der Waals surface area contributed by atoms with Gasteiger partial charge in [0.2, 0.25) is 5.88 Å². The average Bonchev–Trinajstić information content (AvgIpc) is 2.16. The number of hydrogen-bond acceptors (Lipinski definition) is 3. The first-order valence-corrected chi connectivity index (χ1v) is 5.00. The van der Waals surface area contributed by atoms with Crippen LogP contribution in [0.5, 0.6) is 5.88 Å². The van der Waals surface area contributed by atoms with E-state index in [1.54, 1.807) is 6.20 Å². The normalized spacial score (nSPS) is 10.6. The Labute approximate surface area is 85.3 Å². The zero-order chi connectivity index (χ0) is 10.4. The molecule has 1 aromatic rings. The standard InChI is InChI=1S/C11H18N2O/c1-9(2)8-14-11-7-10(3-5-12)4-6-13-11/h4,6-7,9H,3,5,8,12H2,1-2H3. The van der Waals surface area contributed by atoms with Crippen molar-refractivity contribution in [3.05, 3.63) is 23.9 Å². The minimum Gasteiger partial charge on any atom is -0.477 e. The van der Waals surface area contributed by atoms with Crippen LogP contribution < -0.4 is 10.5 Å². The lowest BCUT2D eigenvalue weighted by Crippen LogP contribution is -2.07. The van der Waals surface area contributed by atoms with Gasteiger partial charge in [0.05, 0.1) is 6.61 Å². The van der Waals surface area contributed by atoms with E-state index in [0.717, 1.165) is 6.42 Å². The van der Waals surface area contributed by atoms with Gasteiger partial charge in [-0.05, 0) is 30.5 Å².